The molecular weight excluding hydrogens is 769 g/mol. The molecule has 0 spiro atoms. The lowest BCUT2D eigenvalue weighted by Crippen LogP contribution is -2.30. The smallest absolute Gasteiger partial charge is 0.306 e. The SMILES string of the molecule is CC\C=C/C=C\C=C/C=C\C=C/CCCC(=O)OC(COC(=O)CCCCCCC/C=C\CCCCC)COC(=O)CCCCCCCCCCCCCCCCCCCCC. The van der Waals surface area contributed by atoms with Crippen LogP contribution in [0.25, 0.3) is 0 Å². The summed E-state index contributed by atoms with van der Waals surface area (Å²) in [6.07, 6.45) is 63.3. The van der Waals surface area contributed by atoms with Gasteiger partial charge in [-0.3, -0.25) is 14.4 Å². The lowest BCUT2D eigenvalue weighted by atomic mass is 10.0. The van der Waals surface area contributed by atoms with Gasteiger partial charge in [-0.2, -0.15) is 0 Å². The number of allylic oxidation sites excluding steroid dienone is 12. The van der Waals surface area contributed by atoms with Crippen LogP contribution in [0.15, 0.2) is 72.9 Å². The fraction of sp³-hybridized carbons (Fsp3) is 0.732. The second-order valence-electron chi connectivity index (χ2n) is 17.2. The Morgan fingerprint density at radius 3 is 1.10 bits per heavy atom. The fourth-order valence-electron chi connectivity index (χ4n) is 7.17. The highest BCUT2D eigenvalue weighted by molar-refractivity contribution is 5.71. The summed E-state index contributed by atoms with van der Waals surface area (Å²) >= 11 is 0. The third-order valence-electron chi connectivity index (χ3n) is 11.1. The number of rotatable bonds is 46. The molecule has 6 nitrogen and oxygen atoms in total. The molecular formula is C56H96O6. The van der Waals surface area contributed by atoms with Crippen molar-refractivity contribution in [3.63, 3.8) is 0 Å². The number of carbonyl (C=O) groups excluding carboxylic acids is 3. The maximum atomic E-state index is 12.7. The molecule has 0 bridgehead atoms. The van der Waals surface area contributed by atoms with Crippen molar-refractivity contribution in [2.75, 3.05) is 13.2 Å². The molecule has 0 heterocycles. The van der Waals surface area contributed by atoms with Crippen LogP contribution in [0.3, 0.4) is 0 Å². The van der Waals surface area contributed by atoms with Crippen LogP contribution < -0.4 is 0 Å². The Kier molecular flexibility index (Phi) is 47.9. The van der Waals surface area contributed by atoms with Crippen molar-refractivity contribution in [1.29, 1.82) is 0 Å². The highest BCUT2D eigenvalue weighted by Gasteiger charge is 2.19. The van der Waals surface area contributed by atoms with E-state index in [2.05, 4.69) is 39.0 Å². The first-order valence-corrected chi connectivity index (χ1v) is 26.0. The molecule has 0 N–H and O–H groups in total. The number of carbonyl (C=O) groups is 3. The van der Waals surface area contributed by atoms with E-state index >= 15 is 0 Å². The van der Waals surface area contributed by atoms with E-state index in [1.807, 2.05) is 54.7 Å². The van der Waals surface area contributed by atoms with Crippen LogP contribution >= 0.6 is 0 Å². The molecule has 0 saturated carbocycles. The van der Waals surface area contributed by atoms with Gasteiger partial charge in [-0.05, 0) is 57.8 Å². The Morgan fingerprint density at radius 1 is 0.339 bits per heavy atom. The molecule has 0 aliphatic heterocycles. The third-order valence-corrected chi connectivity index (χ3v) is 11.1. The first kappa shape index (κ1) is 58.9. The molecule has 356 valence electrons. The van der Waals surface area contributed by atoms with E-state index in [-0.39, 0.29) is 37.5 Å². The molecule has 0 radical (unpaired) electrons. The molecule has 0 saturated heterocycles. The summed E-state index contributed by atoms with van der Waals surface area (Å²) in [4.78, 5) is 37.9. The molecule has 0 rings (SSSR count). The molecule has 0 aliphatic rings. The largest absolute Gasteiger partial charge is 0.462 e. The number of hydrogen-bond donors (Lipinski definition) is 0. The molecule has 62 heavy (non-hydrogen) atoms. The molecule has 0 aliphatic carbocycles. The molecule has 0 amide bonds. The zero-order chi connectivity index (χ0) is 45.1. The number of unbranched alkanes of at least 4 members (excludes halogenated alkanes) is 27. The summed E-state index contributed by atoms with van der Waals surface area (Å²) < 4.78 is 16.7. The minimum absolute atomic E-state index is 0.105. The van der Waals surface area contributed by atoms with Gasteiger partial charge in [0, 0.05) is 19.3 Å². The van der Waals surface area contributed by atoms with E-state index in [1.165, 1.54) is 135 Å². The quantitative estimate of drug-likeness (QED) is 0.0199. The van der Waals surface area contributed by atoms with Gasteiger partial charge < -0.3 is 14.2 Å². The van der Waals surface area contributed by atoms with Crippen LogP contribution in [0.4, 0.5) is 0 Å². The van der Waals surface area contributed by atoms with Crippen LogP contribution in [0.2, 0.25) is 0 Å². The maximum Gasteiger partial charge on any atom is 0.306 e. The van der Waals surface area contributed by atoms with Crippen molar-refractivity contribution in [3.05, 3.63) is 72.9 Å². The molecule has 6 heteroatoms. The van der Waals surface area contributed by atoms with Gasteiger partial charge in [-0.1, -0.05) is 241 Å². The molecule has 0 aromatic carbocycles. The standard InChI is InChI=1S/C56H96O6/c1-4-7-10-13-16-19-22-25-26-27-28-29-30-32-34-37-40-43-46-49-55(58)61-52-53(51-60-54(57)48-45-42-39-36-33-24-21-18-15-12-9-6-3)62-56(59)50-47-44-41-38-35-31-23-20-17-14-11-8-5-2/h8,11,14,17-18,20-21,23,31,35,38,41,53H,4-7,9-10,12-13,15-16,19,22,24-30,32-34,36-37,39-40,42-52H2,1-3H3/b11-8-,17-14-,21-18-,23-20-,35-31-,41-38-. The van der Waals surface area contributed by atoms with Gasteiger partial charge in [0.1, 0.15) is 13.2 Å². The molecule has 0 aromatic heterocycles. The summed E-state index contributed by atoms with van der Waals surface area (Å²) in [7, 11) is 0. The summed E-state index contributed by atoms with van der Waals surface area (Å²) in [5.74, 6) is -0.986. The van der Waals surface area contributed by atoms with Gasteiger partial charge in [0.05, 0.1) is 0 Å². The minimum Gasteiger partial charge on any atom is -0.462 e. The molecule has 0 fully saturated rings. The second-order valence-corrected chi connectivity index (χ2v) is 17.2. The zero-order valence-electron chi connectivity index (χ0n) is 40.6. The van der Waals surface area contributed by atoms with Crippen molar-refractivity contribution < 1.29 is 28.6 Å². The average Bonchev–Trinajstić information content (AvgIpc) is 3.27. The number of ether oxygens (including phenoxy) is 3. The number of esters is 3. The summed E-state index contributed by atoms with van der Waals surface area (Å²) in [5.41, 5.74) is 0. The van der Waals surface area contributed by atoms with E-state index in [0.29, 0.717) is 19.3 Å². The Balaban J connectivity index is 4.40. The molecule has 1 unspecified atom stereocenters. The van der Waals surface area contributed by atoms with Crippen LogP contribution in [0, 0.1) is 0 Å². The topological polar surface area (TPSA) is 78.9 Å². The van der Waals surface area contributed by atoms with Gasteiger partial charge >= 0.3 is 17.9 Å². The van der Waals surface area contributed by atoms with Gasteiger partial charge in [0.2, 0.25) is 0 Å². The van der Waals surface area contributed by atoms with Gasteiger partial charge in [-0.25, -0.2) is 0 Å². The van der Waals surface area contributed by atoms with Gasteiger partial charge in [0.15, 0.2) is 6.10 Å². The van der Waals surface area contributed by atoms with Crippen LogP contribution in [-0.2, 0) is 28.6 Å². The Labute approximate surface area is 382 Å². The number of hydrogen-bond acceptors (Lipinski definition) is 6. The Bertz CT molecular complexity index is 1180. The Hall–Kier alpha value is -3.15. The first-order chi connectivity index (χ1) is 30.5. The maximum absolute atomic E-state index is 12.7. The van der Waals surface area contributed by atoms with E-state index in [0.717, 1.165) is 64.2 Å². The fourth-order valence-corrected chi connectivity index (χ4v) is 7.17. The highest BCUT2D eigenvalue weighted by atomic mass is 16.6. The lowest BCUT2D eigenvalue weighted by Gasteiger charge is -2.18. The average molecular weight is 865 g/mol. The minimum atomic E-state index is -0.813. The van der Waals surface area contributed by atoms with Crippen LogP contribution in [0.1, 0.15) is 245 Å². The van der Waals surface area contributed by atoms with Gasteiger partial charge in [0.25, 0.3) is 0 Å². The van der Waals surface area contributed by atoms with Crippen molar-refractivity contribution in [1.82, 2.24) is 0 Å². The van der Waals surface area contributed by atoms with E-state index in [1.54, 1.807) is 0 Å². The summed E-state index contributed by atoms with van der Waals surface area (Å²) in [6.45, 7) is 6.41. The molecule has 0 aromatic rings. The van der Waals surface area contributed by atoms with Crippen LogP contribution in [-0.4, -0.2) is 37.2 Å². The van der Waals surface area contributed by atoms with Gasteiger partial charge in [-0.15, -0.1) is 0 Å². The summed E-state index contributed by atoms with van der Waals surface area (Å²) in [6, 6.07) is 0. The second kappa shape index (κ2) is 50.5. The predicted molar refractivity (Wildman–Crippen MR) is 265 cm³/mol. The van der Waals surface area contributed by atoms with Crippen molar-refractivity contribution in [2.45, 2.75) is 252 Å². The normalized spacial score (nSPS) is 12.6. The van der Waals surface area contributed by atoms with Crippen molar-refractivity contribution in [3.8, 4) is 0 Å². The van der Waals surface area contributed by atoms with Crippen molar-refractivity contribution in [2.24, 2.45) is 0 Å². The Morgan fingerprint density at radius 2 is 0.661 bits per heavy atom. The predicted octanol–water partition coefficient (Wildman–Crippen LogP) is 17.0. The zero-order valence-corrected chi connectivity index (χ0v) is 40.6. The van der Waals surface area contributed by atoms with E-state index < -0.39 is 6.10 Å². The molecule has 1 atom stereocenters. The third kappa shape index (κ3) is 47.9. The van der Waals surface area contributed by atoms with E-state index in [9.17, 15) is 14.4 Å². The first-order valence-electron chi connectivity index (χ1n) is 26.0. The monoisotopic (exact) mass is 865 g/mol. The summed E-state index contributed by atoms with van der Waals surface area (Å²) in [5, 5.41) is 0. The van der Waals surface area contributed by atoms with E-state index in [4.69, 9.17) is 14.2 Å². The van der Waals surface area contributed by atoms with Crippen molar-refractivity contribution >= 4 is 17.9 Å². The van der Waals surface area contributed by atoms with Crippen LogP contribution in [0.5, 0.6) is 0 Å². The highest BCUT2D eigenvalue weighted by Crippen LogP contribution is 2.16. The lowest BCUT2D eigenvalue weighted by molar-refractivity contribution is -0.167.